The molecule has 0 fully saturated rings. The fraction of sp³-hybridized carbons (Fsp3) is 0.667. The minimum atomic E-state index is -1.26. The standard InChI is InChI=1S/C6H13N3O2S2/c1-2-6(13,5(11)9-7)8-4(10)3-12/h12-13H,2-3,7H2,1H3,(H,8,10)(H,9,11). The summed E-state index contributed by atoms with van der Waals surface area (Å²) in [5.41, 5.74) is 1.93. The molecule has 5 nitrogen and oxygen atoms in total. The number of rotatable bonds is 4. The first kappa shape index (κ1) is 12.6. The van der Waals surface area contributed by atoms with Gasteiger partial charge in [0.1, 0.15) is 0 Å². The molecule has 0 rings (SSSR count). The van der Waals surface area contributed by atoms with Crippen molar-refractivity contribution in [2.24, 2.45) is 5.84 Å². The van der Waals surface area contributed by atoms with Gasteiger partial charge >= 0.3 is 0 Å². The van der Waals surface area contributed by atoms with Crippen molar-refractivity contribution in [1.29, 1.82) is 0 Å². The van der Waals surface area contributed by atoms with Crippen molar-refractivity contribution in [2.75, 3.05) is 5.75 Å². The number of hydrogen-bond donors (Lipinski definition) is 5. The molecule has 0 saturated heterocycles. The first-order valence-corrected chi connectivity index (χ1v) is 4.73. The average Bonchev–Trinajstić information content (AvgIpc) is 2.15. The van der Waals surface area contributed by atoms with Gasteiger partial charge in [0.05, 0.1) is 5.75 Å². The molecule has 76 valence electrons. The van der Waals surface area contributed by atoms with Crippen LogP contribution in [0, 0.1) is 0 Å². The summed E-state index contributed by atoms with van der Waals surface area (Å²) in [4.78, 5) is 20.9. The van der Waals surface area contributed by atoms with Crippen LogP contribution in [0.15, 0.2) is 0 Å². The van der Waals surface area contributed by atoms with Gasteiger partial charge in [-0.1, -0.05) is 6.92 Å². The van der Waals surface area contributed by atoms with Crippen LogP contribution >= 0.6 is 25.3 Å². The van der Waals surface area contributed by atoms with E-state index < -0.39 is 10.8 Å². The highest BCUT2D eigenvalue weighted by molar-refractivity contribution is 7.82. The quantitative estimate of drug-likeness (QED) is 0.140. The topological polar surface area (TPSA) is 84.2 Å². The fourth-order valence-electron chi connectivity index (χ4n) is 0.695. The Balaban J connectivity index is 4.45. The van der Waals surface area contributed by atoms with Crippen LogP contribution in [-0.2, 0) is 9.59 Å². The number of amides is 2. The van der Waals surface area contributed by atoms with E-state index in [0.29, 0.717) is 6.42 Å². The van der Waals surface area contributed by atoms with E-state index in [1.54, 1.807) is 6.92 Å². The van der Waals surface area contributed by atoms with E-state index in [1.807, 2.05) is 5.43 Å². The minimum absolute atomic E-state index is 0.000160. The van der Waals surface area contributed by atoms with E-state index >= 15 is 0 Å². The molecule has 0 aliphatic carbocycles. The summed E-state index contributed by atoms with van der Waals surface area (Å²) in [6.07, 6.45) is 0.332. The lowest BCUT2D eigenvalue weighted by atomic mass is 10.2. The third-order valence-corrected chi connectivity index (χ3v) is 2.43. The molecule has 0 bridgehead atoms. The van der Waals surface area contributed by atoms with Crippen molar-refractivity contribution in [2.45, 2.75) is 18.2 Å². The smallest absolute Gasteiger partial charge is 0.269 e. The van der Waals surface area contributed by atoms with E-state index in [1.165, 1.54) is 0 Å². The number of hydrazine groups is 1. The normalized spacial score (nSPS) is 14.5. The lowest BCUT2D eigenvalue weighted by molar-refractivity contribution is -0.129. The molecule has 4 N–H and O–H groups in total. The first-order valence-electron chi connectivity index (χ1n) is 3.65. The molecule has 0 aliphatic heterocycles. The average molecular weight is 223 g/mol. The van der Waals surface area contributed by atoms with Gasteiger partial charge in [0.25, 0.3) is 5.91 Å². The van der Waals surface area contributed by atoms with Gasteiger partial charge in [-0.2, -0.15) is 12.6 Å². The van der Waals surface area contributed by atoms with Crippen LogP contribution in [0.3, 0.4) is 0 Å². The molecule has 7 heteroatoms. The largest absolute Gasteiger partial charge is 0.333 e. The Hall–Kier alpha value is -0.400. The Bertz CT molecular complexity index is 212. The second kappa shape index (κ2) is 5.36. The van der Waals surface area contributed by atoms with Crippen molar-refractivity contribution in [3.05, 3.63) is 0 Å². The maximum Gasteiger partial charge on any atom is 0.269 e. The number of nitrogens with two attached hydrogens (primary N) is 1. The van der Waals surface area contributed by atoms with Crippen LogP contribution in [0.1, 0.15) is 13.3 Å². The van der Waals surface area contributed by atoms with E-state index in [4.69, 9.17) is 5.84 Å². The van der Waals surface area contributed by atoms with Crippen LogP contribution in [0.2, 0.25) is 0 Å². The van der Waals surface area contributed by atoms with Crippen molar-refractivity contribution in [3.8, 4) is 0 Å². The Kier molecular flexibility index (Phi) is 5.19. The highest BCUT2D eigenvalue weighted by Crippen LogP contribution is 2.14. The molecule has 0 aromatic heterocycles. The lowest BCUT2D eigenvalue weighted by Crippen LogP contribution is -2.56. The van der Waals surface area contributed by atoms with Crippen LogP contribution < -0.4 is 16.6 Å². The molecule has 1 atom stereocenters. The summed E-state index contributed by atoms with van der Waals surface area (Å²) in [5, 5.41) is 2.40. The molecule has 2 amide bonds. The molecular formula is C6H13N3O2S2. The van der Waals surface area contributed by atoms with Crippen LogP contribution in [0.4, 0.5) is 0 Å². The maximum atomic E-state index is 11.2. The van der Waals surface area contributed by atoms with Crippen molar-refractivity contribution < 1.29 is 9.59 Å². The molecular weight excluding hydrogens is 210 g/mol. The van der Waals surface area contributed by atoms with Crippen LogP contribution in [-0.4, -0.2) is 22.4 Å². The lowest BCUT2D eigenvalue weighted by Gasteiger charge is -2.25. The number of carbonyl (C=O) groups excluding carboxylic acids is 2. The Morgan fingerprint density at radius 3 is 2.38 bits per heavy atom. The summed E-state index contributed by atoms with van der Waals surface area (Å²) in [7, 11) is 0. The summed E-state index contributed by atoms with van der Waals surface area (Å²) < 4.78 is 0. The molecule has 0 aliphatic rings. The molecule has 0 spiro atoms. The van der Waals surface area contributed by atoms with Crippen molar-refractivity contribution in [1.82, 2.24) is 10.7 Å². The molecule has 0 saturated carbocycles. The molecule has 0 aromatic rings. The van der Waals surface area contributed by atoms with Crippen LogP contribution in [0.5, 0.6) is 0 Å². The predicted octanol–water partition coefficient (Wildman–Crippen LogP) is -0.942. The van der Waals surface area contributed by atoms with Gasteiger partial charge in [0, 0.05) is 0 Å². The SMILES string of the molecule is CCC(S)(NC(=O)CS)C(=O)NN. The Morgan fingerprint density at radius 1 is 1.54 bits per heavy atom. The number of hydrogen-bond acceptors (Lipinski definition) is 5. The summed E-state index contributed by atoms with van der Waals surface area (Å²) in [6.45, 7) is 1.71. The summed E-state index contributed by atoms with van der Waals surface area (Å²) in [5.74, 6) is 4.01. The van der Waals surface area contributed by atoms with Gasteiger partial charge < -0.3 is 5.32 Å². The molecule has 0 radical (unpaired) electrons. The highest BCUT2D eigenvalue weighted by Gasteiger charge is 2.33. The second-order valence-corrected chi connectivity index (χ2v) is 3.47. The van der Waals surface area contributed by atoms with E-state index in [2.05, 4.69) is 30.6 Å². The van der Waals surface area contributed by atoms with Crippen LogP contribution in [0.25, 0.3) is 0 Å². The summed E-state index contributed by atoms with van der Waals surface area (Å²) in [6, 6.07) is 0. The Labute approximate surface area is 87.6 Å². The maximum absolute atomic E-state index is 11.2. The van der Waals surface area contributed by atoms with Gasteiger partial charge in [-0.05, 0) is 6.42 Å². The minimum Gasteiger partial charge on any atom is -0.333 e. The van der Waals surface area contributed by atoms with Gasteiger partial charge in [0.2, 0.25) is 5.91 Å². The van der Waals surface area contributed by atoms with E-state index in [9.17, 15) is 9.59 Å². The van der Waals surface area contributed by atoms with Crippen molar-refractivity contribution >= 4 is 37.1 Å². The number of thiol groups is 2. The third-order valence-electron chi connectivity index (χ3n) is 1.51. The van der Waals surface area contributed by atoms with Gasteiger partial charge in [-0.15, -0.1) is 12.6 Å². The zero-order chi connectivity index (χ0) is 10.5. The molecule has 13 heavy (non-hydrogen) atoms. The second-order valence-electron chi connectivity index (χ2n) is 2.39. The molecule has 1 unspecified atom stereocenters. The zero-order valence-corrected chi connectivity index (χ0v) is 8.99. The highest BCUT2D eigenvalue weighted by atomic mass is 32.1. The molecule has 0 heterocycles. The third kappa shape index (κ3) is 3.45. The number of nitrogens with one attached hydrogen (secondary N) is 2. The molecule has 0 aromatic carbocycles. The van der Waals surface area contributed by atoms with Gasteiger partial charge in [-0.3, -0.25) is 15.0 Å². The van der Waals surface area contributed by atoms with Gasteiger partial charge in [0.15, 0.2) is 4.87 Å². The number of carbonyl (C=O) groups is 2. The van der Waals surface area contributed by atoms with E-state index in [-0.39, 0.29) is 11.7 Å². The summed E-state index contributed by atoms with van der Waals surface area (Å²) >= 11 is 7.78. The zero-order valence-electron chi connectivity index (χ0n) is 7.20. The predicted molar refractivity (Wildman–Crippen MR) is 56.3 cm³/mol. The monoisotopic (exact) mass is 223 g/mol. The first-order chi connectivity index (χ1) is 6.00. The fourth-order valence-corrected chi connectivity index (χ4v) is 0.964. The van der Waals surface area contributed by atoms with Crippen molar-refractivity contribution in [3.63, 3.8) is 0 Å². The Morgan fingerprint density at radius 2 is 2.08 bits per heavy atom. The van der Waals surface area contributed by atoms with E-state index in [0.717, 1.165) is 0 Å². The van der Waals surface area contributed by atoms with Gasteiger partial charge in [-0.25, -0.2) is 5.84 Å².